The maximum atomic E-state index is 5.67. The molecule has 3 heteroatoms. The number of hydrogen-bond donors (Lipinski definition) is 0. The molecule has 0 saturated heterocycles. The van der Waals surface area contributed by atoms with E-state index in [0.717, 1.165) is 27.5 Å². The Balaban J connectivity index is 2.02. The van der Waals surface area contributed by atoms with Gasteiger partial charge in [0.2, 0.25) is 0 Å². The van der Waals surface area contributed by atoms with Crippen molar-refractivity contribution < 1.29 is 9.47 Å². The molecular formula is C14H12O2S. The molecule has 0 fully saturated rings. The van der Waals surface area contributed by atoms with Crippen LogP contribution in [0.5, 0.6) is 11.5 Å². The summed E-state index contributed by atoms with van der Waals surface area (Å²) in [7, 11) is 0. The quantitative estimate of drug-likeness (QED) is 0.799. The van der Waals surface area contributed by atoms with Gasteiger partial charge in [-0.15, -0.1) is 11.3 Å². The van der Waals surface area contributed by atoms with Gasteiger partial charge in [-0.3, -0.25) is 0 Å². The maximum Gasteiger partial charge on any atom is 0.179 e. The molecule has 0 atom stereocenters. The van der Waals surface area contributed by atoms with Gasteiger partial charge in [-0.25, -0.2) is 0 Å². The number of ether oxygens (including phenoxy) is 2. The standard InChI is InChI=1S/C14H12O2S/c1-2-10-3-5-11(6-4-10)14-13-12(9-17-14)15-7-8-16-13/h2-6,9H,1,7-8H2. The Labute approximate surface area is 104 Å². The summed E-state index contributed by atoms with van der Waals surface area (Å²) in [6.45, 7) is 5.02. The van der Waals surface area contributed by atoms with Gasteiger partial charge in [0.05, 0.1) is 4.88 Å². The summed E-state index contributed by atoms with van der Waals surface area (Å²) in [6, 6.07) is 8.28. The van der Waals surface area contributed by atoms with Crippen molar-refractivity contribution in [2.45, 2.75) is 0 Å². The van der Waals surface area contributed by atoms with Crippen LogP contribution in [0.25, 0.3) is 16.5 Å². The molecule has 1 aliphatic rings. The molecule has 1 aromatic carbocycles. The Bertz CT molecular complexity index is 540. The molecule has 17 heavy (non-hydrogen) atoms. The maximum absolute atomic E-state index is 5.67. The van der Waals surface area contributed by atoms with Crippen molar-refractivity contribution >= 4 is 17.4 Å². The zero-order valence-electron chi connectivity index (χ0n) is 9.31. The third kappa shape index (κ3) is 1.83. The molecule has 2 heterocycles. The van der Waals surface area contributed by atoms with Crippen LogP contribution in [0, 0.1) is 0 Å². The number of rotatable bonds is 2. The lowest BCUT2D eigenvalue weighted by molar-refractivity contribution is 0.174. The van der Waals surface area contributed by atoms with E-state index in [9.17, 15) is 0 Å². The Morgan fingerprint density at radius 1 is 1.12 bits per heavy atom. The van der Waals surface area contributed by atoms with E-state index < -0.39 is 0 Å². The fourth-order valence-electron chi connectivity index (χ4n) is 1.83. The van der Waals surface area contributed by atoms with Crippen molar-refractivity contribution in [2.75, 3.05) is 13.2 Å². The Morgan fingerprint density at radius 2 is 1.88 bits per heavy atom. The molecule has 0 aliphatic carbocycles. The van der Waals surface area contributed by atoms with Gasteiger partial charge in [0.15, 0.2) is 11.5 Å². The predicted octanol–water partition coefficient (Wildman–Crippen LogP) is 3.83. The minimum absolute atomic E-state index is 0.626. The molecule has 0 radical (unpaired) electrons. The second-order valence-corrected chi connectivity index (χ2v) is 4.66. The third-order valence-electron chi connectivity index (χ3n) is 2.71. The summed E-state index contributed by atoms with van der Waals surface area (Å²) in [5.41, 5.74) is 2.28. The third-order valence-corrected chi connectivity index (χ3v) is 3.70. The lowest BCUT2D eigenvalue weighted by Crippen LogP contribution is -2.14. The molecule has 3 rings (SSSR count). The summed E-state index contributed by atoms with van der Waals surface area (Å²) in [5.74, 6) is 1.75. The van der Waals surface area contributed by atoms with E-state index in [1.807, 2.05) is 11.5 Å². The van der Waals surface area contributed by atoms with Crippen LogP contribution in [0.3, 0.4) is 0 Å². The second kappa shape index (κ2) is 4.26. The Kier molecular flexibility index (Phi) is 2.61. The molecule has 0 spiro atoms. The van der Waals surface area contributed by atoms with E-state index in [1.165, 1.54) is 0 Å². The molecule has 0 unspecified atom stereocenters. The normalized spacial score (nSPS) is 13.4. The molecule has 0 amide bonds. The van der Waals surface area contributed by atoms with E-state index in [0.29, 0.717) is 13.2 Å². The van der Waals surface area contributed by atoms with Crippen LogP contribution in [0.15, 0.2) is 36.2 Å². The van der Waals surface area contributed by atoms with Crippen molar-refractivity contribution in [2.24, 2.45) is 0 Å². The van der Waals surface area contributed by atoms with Crippen LogP contribution < -0.4 is 9.47 Å². The zero-order chi connectivity index (χ0) is 11.7. The predicted molar refractivity (Wildman–Crippen MR) is 70.8 cm³/mol. The van der Waals surface area contributed by atoms with Gasteiger partial charge in [-0.05, 0) is 11.1 Å². The monoisotopic (exact) mass is 244 g/mol. The van der Waals surface area contributed by atoms with Crippen LogP contribution in [0.2, 0.25) is 0 Å². The van der Waals surface area contributed by atoms with Crippen molar-refractivity contribution in [1.29, 1.82) is 0 Å². The minimum atomic E-state index is 0.626. The van der Waals surface area contributed by atoms with Gasteiger partial charge in [-0.1, -0.05) is 36.9 Å². The summed E-state index contributed by atoms with van der Waals surface area (Å²) < 4.78 is 11.2. The molecule has 2 nitrogen and oxygen atoms in total. The smallest absolute Gasteiger partial charge is 0.179 e. The molecule has 0 saturated carbocycles. The van der Waals surface area contributed by atoms with Gasteiger partial charge in [0.1, 0.15) is 13.2 Å². The number of benzene rings is 1. The number of hydrogen-bond acceptors (Lipinski definition) is 3. The average Bonchev–Trinajstić information content (AvgIpc) is 2.83. The van der Waals surface area contributed by atoms with Crippen molar-refractivity contribution in [3.8, 4) is 21.9 Å². The van der Waals surface area contributed by atoms with E-state index >= 15 is 0 Å². The largest absolute Gasteiger partial charge is 0.485 e. The highest BCUT2D eigenvalue weighted by Crippen LogP contribution is 2.45. The fourth-order valence-corrected chi connectivity index (χ4v) is 2.77. The van der Waals surface area contributed by atoms with E-state index in [-0.39, 0.29) is 0 Å². The highest BCUT2D eigenvalue weighted by Gasteiger charge is 2.19. The van der Waals surface area contributed by atoms with Crippen LogP contribution >= 0.6 is 11.3 Å². The summed E-state index contributed by atoms with van der Waals surface area (Å²) >= 11 is 1.66. The first-order valence-corrected chi connectivity index (χ1v) is 6.36. The van der Waals surface area contributed by atoms with Gasteiger partial charge in [0, 0.05) is 5.38 Å². The molecule has 0 bridgehead atoms. The second-order valence-electron chi connectivity index (χ2n) is 3.78. The molecule has 1 aliphatic heterocycles. The minimum Gasteiger partial charge on any atom is -0.485 e. The number of fused-ring (bicyclic) bond motifs is 1. The van der Waals surface area contributed by atoms with Crippen LogP contribution in [0.1, 0.15) is 5.56 Å². The highest BCUT2D eigenvalue weighted by atomic mass is 32.1. The SMILES string of the molecule is C=Cc1ccc(-c2scc3c2OCCO3)cc1. The van der Waals surface area contributed by atoms with E-state index in [4.69, 9.17) is 9.47 Å². The molecular weight excluding hydrogens is 232 g/mol. The summed E-state index contributed by atoms with van der Waals surface area (Å²) in [4.78, 5) is 1.13. The highest BCUT2D eigenvalue weighted by molar-refractivity contribution is 7.14. The lowest BCUT2D eigenvalue weighted by Gasteiger charge is -2.16. The molecule has 2 aromatic rings. The van der Waals surface area contributed by atoms with Gasteiger partial charge >= 0.3 is 0 Å². The van der Waals surface area contributed by atoms with Crippen molar-refractivity contribution in [1.82, 2.24) is 0 Å². The molecule has 86 valence electrons. The first-order valence-electron chi connectivity index (χ1n) is 5.48. The van der Waals surface area contributed by atoms with Gasteiger partial charge < -0.3 is 9.47 Å². The van der Waals surface area contributed by atoms with E-state index in [2.05, 4.69) is 30.8 Å². The topological polar surface area (TPSA) is 18.5 Å². The first-order chi connectivity index (χ1) is 8.38. The fraction of sp³-hybridized carbons (Fsp3) is 0.143. The number of thiophene rings is 1. The van der Waals surface area contributed by atoms with Gasteiger partial charge in [-0.2, -0.15) is 0 Å². The first kappa shape index (κ1) is 10.4. The lowest BCUT2D eigenvalue weighted by atomic mass is 10.1. The summed E-state index contributed by atoms with van der Waals surface area (Å²) in [6.07, 6.45) is 1.84. The van der Waals surface area contributed by atoms with Gasteiger partial charge in [0.25, 0.3) is 0 Å². The molecule has 0 N–H and O–H groups in total. The van der Waals surface area contributed by atoms with Crippen LogP contribution in [0.4, 0.5) is 0 Å². The van der Waals surface area contributed by atoms with Crippen molar-refractivity contribution in [3.63, 3.8) is 0 Å². The molecule has 1 aromatic heterocycles. The van der Waals surface area contributed by atoms with Crippen LogP contribution in [-0.2, 0) is 0 Å². The van der Waals surface area contributed by atoms with Crippen molar-refractivity contribution in [3.05, 3.63) is 41.8 Å². The zero-order valence-corrected chi connectivity index (χ0v) is 10.1. The average molecular weight is 244 g/mol. The Hall–Kier alpha value is -1.74. The summed E-state index contributed by atoms with van der Waals surface area (Å²) in [5, 5.41) is 2.01. The van der Waals surface area contributed by atoms with Crippen LogP contribution in [-0.4, -0.2) is 13.2 Å². The Morgan fingerprint density at radius 3 is 2.65 bits per heavy atom. The van der Waals surface area contributed by atoms with E-state index in [1.54, 1.807) is 11.3 Å².